The Morgan fingerprint density at radius 3 is 2.70 bits per heavy atom. The highest BCUT2D eigenvalue weighted by Gasteiger charge is 2.23. The van der Waals surface area contributed by atoms with Gasteiger partial charge in [-0.15, -0.1) is 0 Å². The zero-order chi connectivity index (χ0) is 16.5. The van der Waals surface area contributed by atoms with Gasteiger partial charge in [0.25, 0.3) is 5.91 Å². The maximum Gasteiger partial charge on any atom is 0.259 e. The average molecular weight is 337 g/mol. The first kappa shape index (κ1) is 18.1. The van der Waals surface area contributed by atoms with Crippen LogP contribution in [0.1, 0.15) is 56.3 Å². The van der Waals surface area contributed by atoms with E-state index in [-0.39, 0.29) is 12.0 Å². The number of nitrogens with zero attached hydrogens (tertiary/aromatic N) is 2. The molecule has 1 aromatic heterocycles. The molecule has 1 aliphatic rings. The van der Waals surface area contributed by atoms with Gasteiger partial charge >= 0.3 is 0 Å². The average Bonchev–Trinajstić information content (AvgIpc) is 3.08. The van der Waals surface area contributed by atoms with Crippen molar-refractivity contribution < 1.29 is 9.53 Å². The third-order valence-electron chi connectivity index (χ3n) is 4.02. The minimum absolute atomic E-state index is 0.0562. The highest BCUT2D eigenvalue weighted by molar-refractivity contribution is 7.99. The lowest BCUT2D eigenvalue weighted by Gasteiger charge is -2.24. The smallest absolute Gasteiger partial charge is 0.259 e. The van der Waals surface area contributed by atoms with Gasteiger partial charge in [0, 0.05) is 25.0 Å². The molecule has 0 aromatic carbocycles. The first-order valence-corrected chi connectivity index (χ1v) is 9.90. The zero-order valence-corrected chi connectivity index (χ0v) is 15.1. The largest absolute Gasteiger partial charge is 0.473 e. The number of ether oxygens (including phenoxy) is 1. The normalized spacial score (nSPS) is 17.2. The maximum atomic E-state index is 13.0. The molecule has 1 saturated heterocycles. The molecule has 2 heterocycles. The van der Waals surface area contributed by atoms with Crippen LogP contribution < -0.4 is 4.74 Å². The van der Waals surface area contributed by atoms with Gasteiger partial charge in [-0.1, -0.05) is 26.7 Å². The summed E-state index contributed by atoms with van der Waals surface area (Å²) in [5.74, 6) is 2.67. The van der Waals surface area contributed by atoms with E-state index >= 15 is 0 Å². The number of aromatic nitrogens is 1. The maximum absolute atomic E-state index is 13.0. The molecule has 0 saturated carbocycles. The van der Waals surface area contributed by atoms with Gasteiger partial charge in [0.1, 0.15) is 11.7 Å². The van der Waals surface area contributed by atoms with E-state index in [2.05, 4.69) is 18.8 Å². The van der Waals surface area contributed by atoms with Crippen LogP contribution in [0.25, 0.3) is 0 Å². The summed E-state index contributed by atoms with van der Waals surface area (Å²) >= 11 is 1.90. The SMILES string of the molecule is CCCCN(CCCC)C(=O)c1cccnc1OC1CCSC1. The van der Waals surface area contributed by atoms with E-state index in [0.717, 1.165) is 56.7 Å². The topological polar surface area (TPSA) is 42.4 Å². The van der Waals surface area contributed by atoms with E-state index in [0.29, 0.717) is 11.4 Å². The number of carbonyl (C=O) groups excluding carboxylic acids is 1. The van der Waals surface area contributed by atoms with Crippen LogP contribution in [0, 0.1) is 0 Å². The van der Waals surface area contributed by atoms with E-state index in [9.17, 15) is 4.79 Å². The standard InChI is InChI=1S/C18H28N2O2S/c1-3-5-11-20(12-6-4-2)18(21)16-8-7-10-19-17(16)22-15-9-13-23-14-15/h7-8,10,15H,3-6,9,11-14H2,1-2H3. The van der Waals surface area contributed by atoms with Gasteiger partial charge in [-0.25, -0.2) is 4.98 Å². The summed E-state index contributed by atoms with van der Waals surface area (Å²) < 4.78 is 6.01. The monoisotopic (exact) mass is 336 g/mol. The number of thioether (sulfide) groups is 1. The molecule has 5 heteroatoms. The lowest BCUT2D eigenvalue weighted by Crippen LogP contribution is -2.33. The summed E-state index contributed by atoms with van der Waals surface area (Å²) in [6.07, 6.45) is 7.16. The number of rotatable bonds is 9. The highest BCUT2D eigenvalue weighted by atomic mass is 32.2. The van der Waals surface area contributed by atoms with Crippen molar-refractivity contribution in [2.45, 2.75) is 52.1 Å². The fourth-order valence-corrected chi connectivity index (χ4v) is 3.69. The minimum Gasteiger partial charge on any atom is -0.473 e. The van der Waals surface area contributed by atoms with Gasteiger partial charge in [-0.05, 0) is 37.1 Å². The Hall–Kier alpha value is -1.23. The number of amides is 1. The number of pyridine rings is 1. The van der Waals surface area contributed by atoms with Gasteiger partial charge in [0.05, 0.1) is 0 Å². The molecule has 1 amide bonds. The number of hydrogen-bond donors (Lipinski definition) is 0. The van der Waals surface area contributed by atoms with Crippen LogP contribution >= 0.6 is 11.8 Å². The molecule has 0 bridgehead atoms. The van der Waals surface area contributed by atoms with Crippen LogP contribution in [0.15, 0.2) is 18.3 Å². The third-order valence-corrected chi connectivity index (χ3v) is 5.15. The zero-order valence-electron chi connectivity index (χ0n) is 14.3. The molecule has 0 N–H and O–H groups in total. The molecule has 0 radical (unpaired) electrons. The molecule has 1 unspecified atom stereocenters. The Morgan fingerprint density at radius 2 is 2.09 bits per heavy atom. The Bertz CT molecular complexity index is 482. The van der Waals surface area contributed by atoms with Gasteiger partial charge in [0.2, 0.25) is 5.88 Å². The Labute approximate surface area is 144 Å². The molecule has 2 rings (SSSR count). The number of unbranched alkanes of at least 4 members (excludes halogenated alkanes) is 2. The predicted octanol–water partition coefficient (Wildman–Crippen LogP) is 4.01. The van der Waals surface area contributed by atoms with Crippen LogP contribution in [0.2, 0.25) is 0 Å². The molecule has 128 valence electrons. The first-order valence-electron chi connectivity index (χ1n) is 8.75. The lowest BCUT2D eigenvalue weighted by atomic mass is 10.2. The number of hydrogen-bond acceptors (Lipinski definition) is 4. The fourth-order valence-electron chi connectivity index (χ4n) is 2.59. The Morgan fingerprint density at radius 1 is 1.35 bits per heavy atom. The molecule has 1 aromatic rings. The fraction of sp³-hybridized carbons (Fsp3) is 0.667. The molecule has 1 aliphatic heterocycles. The molecule has 1 atom stereocenters. The number of carbonyl (C=O) groups is 1. The summed E-state index contributed by atoms with van der Waals surface area (Å²) in [5, 5.41) is 0. The molecule has 0 spiro atoms. The van der Waals surface area contributed by atoms with Gasteiger partial charge in [-0.2, -0.15) is 11.8 Å². The van der Waals surface area contributed by atoms with Crippen molar-refractivity contribution >= 4 is 17.7 Å². The third kappa shape index (κ3) is 5.41. The predicted molar refractivity (Wildman–Crippen MR) is 96.3 cm³/mol. The van der Waals surface area contributed by atoms with Crippen molar-refractivity contribution in [3.8, 4) is 5.88 Å². The molecule has 0 aliphatic carbocycles. The summed E-state index contributed by atoms with van der Waals surface area (Å²) in [4.78, 5) is 19.2. The Balaban J connectivity index is 2.11. The van der Waals surface area contributed by atoms with Crippen molar-refractivity contribution in [3.63, 3.8) is 0 Å². The van der Waals surface area contributed by atoms with E-state index in [1.165, 1.54) is 0 Å². The van der Waals surface area contributed by atoms with Crippen LogP contribution in [0.4, 0.5) is 0 Å². The Kier molecular flexibility index (Phi) is 7.72. The van der Waals surface area contributed by atoms with Crippen molar-refractivity contribution in [1.29, 1.82) is 0 Å². The van der Waals surface area contributed by atoms with Crippen LogP contribution in [0.5, 0.6) is 5.88 Å². The van der Waals surface area contributed by atoms with Crippen LogP contribution in [-0.4, -0.2) is 46.5 Å². The van der Waals surface area contributed by atoms with Crippen LogP contribution in [-0.2, 0) is 0 Å². The van der Waals surface area contributed by atoms with Crippen molar-refractivity contribution in [3.05, 3.63) is 23.9 Å². The molecular weight excluding hydrogens is 308 g/mol. The van der Waals surface area contributed by atoms with Gasteiger partial charge in [0.15, 0.2) is 0 Å². The second-order valence-corrected chi connectivity index (χ2v) is 7.11. The van der Waals surface area contributed by atoms with E-state index in [1.807, 2.05) is 28.8 Å². The quantitative estimate of drug-likeness (QED) is 0.683. The summed E-state index contributed by atoms with van der Waals surface area (Å²) in [6, 6.07) is 3.67. The summed E-state index contributed by atoms with van der Waals surface area (Å²) in [6.45, 7) is 5.92. The second-order valence-electron chi connectivity index (χ2n) is 5.96. The molecule has 1 fully saturated rings. The van der Waals surface area contributed by atoms with E-state index in [4.69, 9.17) is 4.74 Å². The second kappa shape index (κ2) is 9.81. The summed E-state index contributed by atoms with van der Waals surface area (Å²) in [7, 11) is 0. The van der Waals surface area contributed by atoms with Gasteiger partial charge < -0.3 is 9.64 Å². The van der Waals surface area contributed by atoms with Gasteiger partial charge in [-0.3, -0.25) is 4.79 Å². The van der Waals surface area contributed by atoms with E-state index < -0.39 is 0 Å². The van der Waals surface area contributed by atoms with Crippen molar-refractivity contribution in [2.24, 2.45) is 0 Å². The lowest BCUT2D eigenvalue weighted by molar-refractivity contribution is 0.0743. The van der Waals surface area contributed by atoms with Crippen LogP contribution in [0.3, 0.4) is 0 Å². The highest BCUT2D eigenvalue weighted by Crippen LogP contribution is 2.25. The summed E-state index contributed by atoms with van der Waals surface area (Å²) in [5.41, 5.74) is 0.608. The molecular formula is C18H28N2O2S. The van der Waals surface area contributed by atoms with Crippen molar-refractivity contribution in [1.82, 2.24) is 9.88 Å². The molecule has 23 heavy (non-hydrogen) atoms. The first-order chi connectivity index (χ1) is 11.3. The van der Waals surface area contributed by atoms with Crippen molar-refractivity contribution in [2.75, 3.05) is 24.6 Å². The molecule has 4 nitrogen and oxygen atoms in total. The minimum atomic E-state index is 0.0562. The van der Waals surface area contributed by atoms with E-state index in [1.54, 1.807) is 6.20 Å².